The number of nitrogens with zero attached hydrogens (tertiary/aromatic N) is 2. The predicted molar refractivity (Wildman–Crippen MR) is 108 cm³/mol. The molecule has 0 amide bonds. The molecule has 1 saturated carbocycles. The first-order valence-electron chi connectivity index (χ1n) is 8.16. The number of hydrogen-bond acceptors (Lipinski definition) is 3. The number of aliphatic imine (C=N–C) groups is 1. The number of halogens is 1. The van der Waals surface area contributed by atoms with Crippen molar-refractivity contribution in [3.63, 3.8) is 0 Å². The van der Waals surface area contributed by atoms with Crippen LogP contribution in [-0.2, 0) is 6.54 Å². The van der Waals surface area contributed by atoms with E-state index in [1.165, 1.54) is 37.8 Å². The topological polar surface area (TPSA) is 79.6 Å². The molecule has 0 unspecified atom stereocenters. The fourth-order valence-corrected chi connectivity index (χ4v) is 2.63. The number of nitro groups is 1. The Kier molecular flexibility index (Phi) is 7.92. The number of guanidine groups is 1. The summed E-state index contributed by atoms with van der Waals surface area (Å²) in [5.41, 5.74) is 0.992. The number of rotatable bonds is 4. The van der Waals surface area contributed by atoms with Crippen LogP contribution >= 0.6 is 24.0 Å². The van der Waals surface area contributed by atoms with Crippen LogP contribution in [0.3, 0.4) is 0 Å². The maximum absolute atomic E-state index is 10.7. The van der Waals surface area contributed by atoms with Crippen molar-refractivity contribution in [2.45, 2.75) is 64.6 Å². The Balaban J connectivity index is 0.00000288. The Morgan fingerprint density at radius 1 is 1.25 bits per heavy atom. The van der Waals surface area contributed by atoms with Crippen LogP contribution in [-0.4, -0.2) is 22.5 Å². The van der Waals surface area contributed by atoms with Gasteiger partial charge in [0.15, 0.2) is 5.96 Å². The van der Waals surface area contributed by atoms with E-state index in [9.17, 15) is 10.1 Å². The molecule has 2 rings (SSSR count). The zero-order chi connectivity index (χ0) is 16.9. The number of nitrogens with one attached hydrogen (secondary N) is 2. The van der Waals surface area contributed by atoms with Gasteiger partial charge in [0.05, 0.1) is 11.5 Å². The van der Waals surface area contributed by atoms with Gasteiger partial charge in [0.25, 0.3) is 5.69 Å². The predicted octanol–water partition coefficient (Wildman–Crippen LogP) is 3.99. The number of non-ortho nitro benzene ring substituents is 1. The number of nitro benzene ring substituents is 1. The summed E-state index contributed by atoms with van der Waals surface area (Å²) in [6.45, 7) is 6.80. The Morgan fingerprint density at radius 2 is 1.83 bits per heavy atom. The molecule has 0 saturated heterocycles. The lowest BCUT2D eigenvalue weighted by Gasteiger charge is -2.26. The summed E-state index contributed by atoms with van der Waals surface area (Å²) in [6, 6.07) is 7.04. The molecule has 134 valence electrons. The van der Waals surface area contributed by atoms with E-state index < -0.39 is 0 Å². The number of benzene rings is 1. The second-order valence-electron chi connectivity index (χ2n) is 7.09. The molecule has 0 bridgehead atoms. The summed E-state index contributed by atoms with van der Waals surface area (Å²) in [5, 5.41) is 17.6. The maximum atomic E-state index is 10.7. The minimum absolute atomic E-state index is 0. The van der Waals surface area contributed by atoms with E-state index >= 15 is 0 Å². The second-order valence-corrected chi connectivity index (χ2v) is 7.09. The summed E-state index contributed by atoms with van der Waals surface area (Å²) in [7, 11) is 0. The van der Waals surface area contributed by atoms with Gasteiger partial charge in [-0.15, -0.1) is 24.0 Å². The average molecular weight is 446 g/mol. The van der Waals surface area contributed by atoms with Crippen LogP contribution < -0.4 is 10.6 Å². The molecular weight excluding hydrogens is 419 g/mol. The molecule has 2 N–H and O–H groups in total. The SMILES string of the molecule is CC(C)(C)NC(=NCc1ccc([N+](=O)[O-])cc1)NC1CCCC1.I. The van der Waals surface area contributed by atoms with Crippen LogP contribution in [0.2, 0.25) is 0 Å². The van der Waals surface area contributed by atoms with Gasteiger partial charge >= 0.3 is 0 Å². The van der Waals surface area contributed by atoms with Crippen LogP contribution in [0, 0.1) is 10.1 Å². The molecule has 1 aliphatic carbocycles. The van der Waals surface area contributed by atoms with E-state index in [4.69, 9.17) is 0 Å². The molecular formula is C17H27IN4O2. The lowest BCUT2D eigenvalue weighted by Crippen LogP contribution is -2.50. The highest BCUT2D eigenvalue weighted by Crippen LogP contribution is 2.18. The summed E-state index contributed by atoms with van der Waals surface area (Å²) >= 11 is 0. The van der Waals surface area contributed by atoms with Crippen molar-refractivity contribution in [2.75, 3.05) is 0 Å². The zero-order valence-corrected chi connectivity index (χ0v) is 16.9. The molecule has 0 aliphatic heterocycles. The summed E-state index contributed by atoms with van der Waals surface area (Å²) in [5.74, 6) is 0.808. The van der Waals surface area contributed by atoms with E-state index in [0.29, 0.717) is 12.6 Å². The fourth-order valence-electron chi connectivity index (χ4n) is 2.63. The van der Waals surface area contributed by atoms with Gasteiger partial charge in [-0.1, -0.05) is 25.0 Å². The van der Waals surface area contributed by atoms with Gasteiger partial charge in [0, 0.05) is 23.7 Å². The van der Waals surface area contributed by atoms with Crippen molar-refractivity contribution in [3.8, 4) is 0 Å². The zero-order valence-electron chi connectivity index (χ0n) is 14.5. The highest BCUT2D eigenvalue weighted by Gasteiger charge is 2.19. The van der Waals surface area contributed by atoms with E-state index in [0.717, 1.165) is 11.5 Å². The Labute approximate surface area is 160 Å². The van der Waals surface area contributed by atoms with Crippen LogP contribution in [0.25, 0.3) is 0 Å². The van der Waals surface area contributed by atoms with Crippen molar-refractivity contribution in [2.24, 2.45) is 4.99 Å². The summed E-state index contributed by atoms with van der Waals surface area (Å²) < 4.78 is 0. The summed E-state index contributed by atoms with van der Waals surface area (Å²) in [4.78, 5) is 14.9. The highest BCUT2D eigenvalue weighted by atomic mass is 127. The first kappa shape index (κ1) is 20.7. The molecule has 0 spiro atoms. The normalized spacial score (nSPS) is 15.7. The molecule has 6 nitrogen and oxygen atoms in total. The van der Waals surface area contributed by atoms with Gasteiger partial charge in [0.1, 0.15) is 0 Å². The minimum atomic E-state index is -0.388. The third-order valence-electron chi connectivity index (χ3n) is 3.76. The smallest absolute Gasteiger partial charge is 0.269 e. The Morgan fingerprint density at radius 3 is 2.33 bits per heavy atom. The molecule has 1 aromatic rings. The van der Waals surface area contributed by atoms with E-state index in [1.54, 1.807) is 12.1 Å². The molecule has 1 aromatic carbocycles. The van der Waals surface area contributed by atoms with Gasteiger partial charge in [-0.25, -0.2) is 4.99 Å². The molecule has 0 atom stereocenters. The molecule has 0 aromatic heterocycles. The first-order chi connectivity index (χ1) is 10.8. The van der Waals surface area contributed by atoms with Crippen LogP contribution in [0.1, 0.15) is 52.0 Å². The lowest BCUT2D eigenvalue weighted by molar-refractivity contribution is -0.384. The van der Waals surface area contributed by atoms with E-state index in [-0.39, 0.29) is 40.1 Å². The van der Waals surface area contributed by atoms with Crippen molar-refractivity contribution in [3.05, 3.63) is 39.9 Å². The fraction of sp³-hybridized carbons (Fsp3) is 0.588. The van der Waals surface area contributed by atoms with E-state index in [2.05, 4.69) is 36.4 Å². The molecule has 0 heterocycles. The van der Waals surface area contributed by atoms with Crippen molar-refractivity contribution >= 4 is 35.6 Å². The third kappa shape index (κ3) is 7.02. The quantitative estimate of drug-likeness (QED) is 0.241. The van der Waals surface area contributed by atoms with Gasteiger partial charge < -0.3 is 10.6 Å². The van der Waals surface area contributed by atoms with Crippen LogP contribution in [0.5, 0.6) is 0 Å². The Hall–Kier alpha value is -1.38. The second kappa shape index (κ2) is 9.19. The standard InChI is InChI=1S/C17H26N4O2.HI/c1-17(2,3)20-16(19-14-6-4-5-7-14)18-12-13-8-10-15(11-9-13)21(22)23;/h8-11,14H,4-7,12H2,1-3H3,(H2,18,19,20);1H. The molecule has 0 radical (unpaired) electrons. The Bertz CT molecular complexity index is 561. The minimum Gasteiger partial charge on any atom is -0.354 e. The summed E-state index contributed by atoms with van der Waals surface area (Å²) in [6.07, 6.45) is 4.90. The maximum Gasteiger partial charge on any atom is 0.269 e. The first-order valence-corrected chi connectivity index (χ1v) is 8.16. The molecule has 1 aliphatic rings. The van der Waals surface area contributed by atoms with Crippen LogP contribution in [0.4, 0.5) is 5.69 Å². The van der Waals surface area contributed by atoms with Gasteiger partial charge in [-0.2, -0.15) is 0 Å². The van der Waals surface area contributed by atoms with Gasteiger partial charge in [-0.3, -0.25) is 10.1 Å². The van der Waals surface area contributed by atoms with Crippen molar-refractivity contribution < 1.29 is 4.92 Å². The molecule has 1 fully saturated rings. The van der Waals surface area contributed by atoms with Gasteiger partial charge in [0.2, 0.25) is 0 Å². The van der Waals surface area contributed by atoms with E-state index in [1.807, 2.05) is 0 Å². The monoisotopic (exact) mass is 446 g/mol. The third-order valence-corrected chi connectivity index (χ3v) is 3.76. The van der Waals surface area contributed by atoms with Crippen molar-refractivity contribution in [1.29, 1.82) is 0 Å². The largest absolute Gasteiger partial charge is 0.354 e. The highest BCUT2D eigenvalue weighted by molar-refractivity contribution is 14.0. The lowest BCUT2D eigenvalue weighted by atomic mass is 10.1. The number of hydrogen-bond donors (Lipinski definition) is 2. The molecule has 7 heteroatoms. The van der Waals surface area contributed by atoms with Crippen molar-refractivity contribution in [1.82, 2.24) is 10.6 Å². The van der Waals surface area contributed by atoms with Crippen LogP contribution in [0.15, 0.2) is 29.3 Å². The van der Waals surface area contributed by atoms with Gasteiger partial charge in [-0.05, 0) is 39.2 Å². The molecule has 24 heavy (non-hydrogen) atoms. The average Bonchev–Trinajstić information content (AvgIpc) is 2.96.